The Labute approximate surface area is 119 Å². The lowest BCUT2D eigenvalue weighted by Crippen LogP contribution is -2.41. The largest absolute Gasteiger partial charge is 0.459 e. The van der Waals surface area contributed by atoms with Crippen LogP contribution in [0.1, 0.15) is 91.9 Å². The van der Waals surface area contributed by atoms with Gasteiger partial charge in [0.2, 0.25) is 0 Å². The fourth-order valence-electron chi connectivity index (χ4n) is 2.78. The summed E-state index contributed by atoms with van der Waals surface area (Å²) in [7, 11) is 0. The van der Waals surface area contributed by atoms with Gasteiger partial charge >= 0.3 is 5.97 Å². The summed E-state index contributed by atoms with van der Waals surface area (Å²) in [6.07, 6.45) is 11.4. The van der Waals surface area contributed by atoms with Gasteiger partial charge in [-0.15, -0.1) is 0 Å². The van der Waals surface area contributed by atoms with E-state index in [0.29, 0.717) is 0 Å². The second-order valence-corrected chi connectivity index (χ2v) is 6.83. The molecule has 2 nitrogen and oxygen atoms in total. The fourth-order valence-corrected chi connectivity index (χ4v) is 2.78. The van der Waals surface area contributed by atoms with E-state index >= 15 is 0 Å². The van der Waals surface area contributed by atoms with Gasteiger partial charge in [0.05, 0.1) is 5.41 Å². The van der Waals surface area contributed by atoms with Crippen molar-refractivity contribution in [2.45, 2.75) is 97.5 Å². The van der Waals surface area contributed by atoms with Crippen LogP contribution < -0.4 is 0 Å². The Kier molecular flexibility index (Phi) is 6.35. The van der Waals surface area contributed by atoms with E-state index in [1.165, 1.54) is 38.5 Å². The van der Waals surface area contributed by atoms with Crippen molar-refractivity contribution in [3.8, 4) is 0 Å². The first-order valence-corrected chi connectivity index (χ1v) is 8.19. The van der Waals surface area contributed by atoms with Gasteiger partial charge in [-0.05, 0) is 58.8 Å². The number of ether oxygens (including phenoxy) is 1. The van der Waals surface area contributed by atoms with Gasteiger partial charge in [0.25, 0.3) is 0 Å². The first-order valence-electron chi connectivity index (χ1n) is 8.19. The lowest BCUT2D eigenvalue weighted by molar-refractivity contribution is -0.175. The molecule has 1 aliphatic rings. The van der Waals surface area contributed by atoms with Gasteiger partial charge < -0.3 is 4.74 Å². The number of esters is 1. The molecule has 112 valence electrons. The first kappa shape index (κ1) is 16.5. The van der Waals surface area contributed by atoms with Gasteiger partial charge in [-0.2, -0.15) is 0 Å². The van der Waals surface area contributed by atoms with Crippen LogP contribution in [0.25, 0.3) is 0 Å². The van der Waals surface area contributed by atoms with E-state index in [4.69, 9.17) is 4.74 Å². The van der Waals surface area contributed by atoms with Crippen molar-refractivity contribution in [1.29, 1.82) is 0 Å². The molecule has 0 aliphatic heterocycles. The molecule has 0 N–H and O–H groups in total. The van der Waals surface area contributed by atoms with Gasteiger partial charge in [0.15, 0.2) is 0 Å². The van der Waals surface area contributed by atoms with Crippen molar-refractivity contribution >= 4 is 5.97 Å². The van der Waals surface area contributed by atoms with Crippen LogP contribution in [0.2, 0.25) is 0 Å². The predicted molar refractivity (Wildman–Crippen MR) is 80.1 cm³/mol. The molecule has 1 fully saturated rings. The molecule has 1 saturated carbocycles. The molecule has 1 rings (SSSR count). The third kappa shape index (κ3) is 4.81. The highest BCUT2D eigenvalue weighted by atomic mass is 16.6. The average molecular weight is 268 g/mol. The molecule has 0 radical (unpaired) electrons. The summed E-state index contributed by atoms with van der Waals surface area (Å²) in [5.41, 5.74) is -0.480. The molecule has 0 bridgehead atoms. The Morgan fingerprint density at radius 1 is 1.11 bits per heavy atom. The normalized spacial score (nSPS) is 19.2. The van der Waals surface area contributed by atoms with Crippen LogP contribution in [0.5, 0.6) is 0 Å². The molecule has 0 aromatic carbocycles. The molecule has 0 amide bonds. The van der Waals surface area contributed by atoms with E-state index in [1.54, 1.807) is 0 Å². The van der Waals surface area contributed by atoms with Crippen molar-refractivity contribution < 1.29 is 9.53 Å². The number of carbonyl (C=O) groups excluding carboxylic acids is 1. The summed E-state index contributed by atoms with van der Waals surface area (Å²) < 4.78 is 6.04. The number of carbonyl (C=O) groups is 1. The van der Waals surface area contributed by atoms with Crippen LogP contribution in [0, 0.1) is 5.41 Å². The molecule has 2 heteroatoms. The van der Waals surface area contributed by atoms with Crippen LogP contribution in [0.15, 0.2) is 0 Å². The van der Waals surface area contributed by atoms with Gasteiger partial charge in [-0.25, -0.2) is 0 Å². The second-order valence-electron chi connectivity index (χ2n) is 6.83. The summed E-state index contributed by atoms with van der Waals surface area (Å²) >= 11 is 0. The Balaban J connectivity index is 2.65. The third-order valence-electron chi connectivity index (χ3n) is 4.75. The summed E-state index contributed by atoms with van der Waals surface area (Å²) in [6, 6.07) is 0. The topological polar surface area (TPSA) is 26.3 Å². The summed E-state index contributed by atoms with van der Waals surface area (Å²) in [5.74, 6) is 0.00778. The van der Waals surface area contributed by atoms with E-state index < -0.39 is 0 Å². The van der Waals surface area contributed by atoms with Gasteiger partial charge in [-0.3, -0.25) is 4.79 Å². The van der Waals surface area contributed by atoms with Crippen LogP contribution in [0.4, 0.5) is 0 Å². The second kappa shape index (κ2) is 7.31. The maximum atomic E-state index is 12.4. The Morgan fingerprint density at radius 3 is 2.26 bits per heavy atom. The molecule has 0 aromatic heterocycles. The first-order chi connectivity index (χ1) is 8.96. The molecule has 0 saturated heterocycles. The minimum Gasteiger partial charge on any atom is -0.459 e. The van der Waals surface area contributed by atoms with Crippen molar-refractivity contribution in [2.24, 2.45) is 5.41 Å². The molecule has 0 unspecified atom stereocenters. The zero-order valence-electron chi connectivity index (χ0n) is 13.4. The van der Waals surface area contributed by atoms with Crippen molar-refractivity contribution in [3.05, 3.63) is 0 Å². The minimum atomic E-state index is -0.338. The highest BCUT2D eigenvalue weighted by Gasteiger charge is 2.39. The zero-order valence-corrected chi connectivity index (χ0v) is 13.4. The van der Waals surface area contributed by atoms with Crippen molar-refractivity contribution in [3.63, 3.8) is 0 Å². The summed E-state index contributed by atoms with van der Waals surface area (Å²) in [4.78, 5) is 12.4. The van der Waals surface area contributed by atoms with E-state index in [1.807, 2.05) is 13.8 Å². The Hall–Kier alpha value is -0.530. The van der Waals surface area contributed by atoms with Gasteiger partial charge in [0, 0.05) is 0 Å². The van der Waals surface area contributed by atoms with Crippen molar-refractivity contribution in [1.82, 2.24) is 0 Å². The zero-order chi connectivity index (χ0) is 14.4. The van der Waals surface area contributed by atoms with E-state index in [-0.39, 0.29) is 17.0 Å². The molecule has 19 heavy (non-hydrogen) atoms. The molecule has 1 aliphatic carbocycles. The fraction of sp³-hybridized carbons (Fsp3) is 0.941. The Morgan fingerprint density at radius 2 is 1.74 bits per heavy atom. The number of hydrogen-bond acceptors (Lipinski definition) is 2. The molecule has 0 heterocycles. The lowest BCUT2D eigenvalue weighted by atomic mass is 9.80. The van der Waals surface area contributed by atoms with Crippen LogP contribution in [-0.2, 0) is 9.53 Å². The number of rotatable bonds is 7. The predicted octanol–water partition coefficient (Wildman–Crippen LogP) is 5.25. The molecule has 0 spiro atoms. The highest BCUT2D eigenvalue weighted by molar-refractivity contribution is 5.76. The van der Waals surface area contributed by atoms with Crippen molar-refractivity contribution in [2.75, 3.05) is 0 Å². The molecule has 0 aromatic rings. The minimum absolute atomic E-state index is 0.00778. The number of hydrogen-bond donors (Lipinski definition) is 0. The van der Waals surface area contributed by atoms with E-state index in [9.17, 15) is 4.79 Å². The van der Waals surface area contributed by atoms with E-state index in [0.717, 1.165) is 25.7 Å². The lowest BCUT2D eigenvalue weighted by Gasteiger charge is -2.39. The standard InChI is InChI=1S/C17H32O2/c1-5-7-9-12-17(13-10-8-11-14-17)19-15(18)16(3,4)6-2/h5-14H2,1-4H3. The van der Waals surface area contributed by atoms with Gasteiger partial charge in [0.1, 0.15) is 5.60 Å². The van der Waals surface area contributed by atoms with Crippen LogP contribution >= 0.6 is 0 Å². The summed E-state index contributed by atoms with van der Waals surface area (Å²) in [6.45, 7) is 8.28. The summed E-state index contributed by atoms with van der Waals surface area (Å²) in [5, 5.41) is 0. The molecule has 0 atom stereocenters. The Bertz CT molecular complexity index is 275. The average Bonchev–Trinajstić information content (AvgIpc) is 2.40. The molecular weight excluding hydrogens is 236 g/mol. The van der Waals surface area contributed by atoms with Crippen LogP contribution in [-0.4, -0.2) is 11.6 Å². The van der Waals surface area contributed by atoms with Gasteiger partial charge in [-0.1, -0.05) is 33.1 Å². The third-order valence-corrected chi connectivity index (χ3v) is 4.75. The molecular formula is C17H32O2. The monoisotopic (exact) mass is 268 g/mol. The number of unbranched alkanes of at least 4 members (excludes halogenated alkanes) is 2. The maximum Gasteiger partial charge on any atom is 0.312 e. The smallest absolute Gasteiger partial charge is 0.312 e. The van der Waals surface area contributed by atoms with E-state index in [2.05, 4.69) is 13.8 Å². The maximum absolute atomic E-state index is 12.4. The quantitative estimate of drug-likeness (QED) is 0.465. The highest BCUT2D eigenvalue weighted by Crippen LogP contribution is 2.38. The van der Waals surface area contributed by atoms with Crippen LogP contribution in [0.3, 0.4) is 0 Å². The SMILES string of the molecule is CCCCCC1(OC(=O)C(C)(C)CC)CCCCC1.